The van der Waals surface area contributed by atoms with E-state index in [4.69, 9.17) is 4.74 Å². The molecule has 1 aliphatic rings. The van der Waals surface area contributed by atoms with Crippen LogP contribution >= 0.6 is 0 Å². The molecule has 1 aromatic carbocycles. The van der Waals surface area contributed by atoms with Gasteiger partial charge < -0.3 is 10.1 Å². The highest BCUT2D eigenvalue weighted by molar-refractivity contribution is 5.37. The highest BCUT2D eigenvalue weighted by Gasteiger charge is 2.24. The molecule has 2 nitrogen and oxygen atoms in total. The molecule has 1 aromatic rings. The fourth-order valence-electron chi connectivity index (χ4n) is 3.26. The second-order valence-corrected chi connectivity index (χ2v) is 5.97. The van der Waals surface area contributed by atoms with Crippen LogP contribution in [0.3, 0.4) is 0 Å². The Bertz CT molecular complexity index is 435. The first kappa shape index (κ1) is 15.3. The number of halogens is 1. The van der Waals surface area contributed by atoms with Crippen molar-refractivity contribution in [2.75, 3.05) is 7.11 Å². The smallest absolute Gasteiger partial charge is 0.131 e. The zero-order chi connectivity index (χ0) is 14.5. The molecule has 112 valence electrons. The Kier molecular flexibility index (Phi) is 5.41. The molecule has 0 aromatic heterocycles. The van der Waals surface area contributed by atoms with Crippen molar-refractivity contribution in [3.63, 3.8) is 0 Å². The van der Waals surface area contributed by atoms with Crippen molar-refractivity contribution in [2.24, 2.45) is 5.92 Å². The predicted molar refractivity (Wildman–Crippen MR) is 80.5 cm³/mol. The van der Waals surface area contributed by atoms with Crippen LogP contribution < -0.4 is 10.1 Å². The minimum absolute atomic E-state index is 0.0308. The molecule has 0 spiro atoms. The molecule has 3 unspecified atom stereocenters. The lowest BCUT2D eigenvalue weighted by Gasteiger charge is -2.28. The molecule has 0 aliphatic heterocycles. The number of hydrogen-bond donors (Lipinski definition) is 1. The number of ether oxygens (including phenoxy) is 1. The predicted octanol–water partition coefficient (Wildman–Crippen LogP) is 4.45. The fraction of sp³-hybridized carbons (Fsp3) is 0.647. The van der Waals surface area contributed by atoms with Crippen LogP contribution in [0.5, 0.6) is 5.75 Å². The summed E-state index contributed by atoms with van der Waals surface area (Å²) in [6.07, 6.45) is 6.35. The number of hydrogen-bond acceptors (Lipinski definition) is 2. The molecule has 0 amide bonds. The quantitative estimate of drug-likeness (QED) is 0.822. The summed E-state index contributed by atoms with van der Waals surface area (Å²) >= 11 is 0. The van der Waals surface area contributed by atoms with Crippen LogP contribution in [-0.4, -0.2) is 13.2 Å². The summed E-state index contributed by atoms with van der Waals surface area (Å²) < 4.78 is 19.4. The average molecular weight is 279 g/mol. The lowest BCUT2D eigenvalue weighted by Crippen LogP contribution is -2.36. The van der Waals surface area contributed by atoms with E-state index < -0.39 is 0 Å². The zero-order valence-corrected chi connectivity index (χ0v) is 12.8. The summed E-state index contributed by atoms with van der Waals surface area (Å²) in [6, 6.07) is 5.46. The molecule has 20 heavy (non-hydrogen) atoms. The van der Waals surface area contributed by atoms with Gasteiger partial charge in [0.1, 0.15) is 11.6 Å². The maximum atomic E-state index is 14.1. The van der Waals surface area contributed by atoms with Crippen LogP contribution in [0, 0.1) is 11.7 Å². The highest BCUT2D eigenvalue weighted by atomic mass is 19.1. The summed E-state index contributed by atoms with van der Waals surface area (Å²) in [7, 11) is 1.60. The molecule has 0 radical (unpaired) electrons. The van der Waals surface area contributed by atoms with Gasteiger partial charge in [0.25, 0.3) is 0 Å². The van der Waals surface area contributed by atoms with Crippen molar-refractivity contribution >= 4 is 0 Å². The van der Waals surface area contributed by atoms with E-state index in [1.54, 1.807) is 13.2 Å². The molecule has 0 heterocycles. The SMILES string of the molecule is COc1cccc(F)c1C(C)NC1CCCCCC1C. The van der Waals surface area contributed by atoms with Gasteiger partial charge in [0.2, 0.25) is 0 Å². The summed E-state index contributed by atoms with van der Waals surface area (Å²) in [5, 5.41) is 3.62. The number of benzene rings is 1. The van der Waals surface area contributed by atoms with Crippen molar-refractivity contribution < 1.29 is 9.13 Å². The standard InChI is InChI=1S/C17H26FNO/c1-12-8-5-4-6-10-15(12)19-13(2)17-14(18)9-7-11-16(17)20-3/h7,9,11-13,15,19H,4-6,8,10H2,1-3H3. The first-order valence-electron chi connectivity index (χ1n) is 7.72. The van der Waals surface area contributed by atoms with Gasteiger partial charge in [0.15, 0.2) is 0 Å². The van der Waals surface area contributed by atoms with Crippen molar-refractivity contribution in [3.8, 4) is 5.75 Å². The number of nitrogens with one attached hydrogen (secondary N) is 1. The molecule has 1 aliphatic carbocycles. The van der Waals surface area contributed by atoms with Gasteiger partial charge in [-0.15, -0.1) is 0 Å². The van der Waals surface area contributed by atoms with E-state index >= 15 is 0 Å². The maximum Gasteiger partial charge on any atom is 0.131 e. The lowest BCUT2D eigenvalue weighted by atomic mass is 9.95. The number of methoxy groups -OCH3 is 1. The Labute approximate surface area is 121 Å². The van der Waals surface area contributed by atoms with Gasteiger partial charge in [-0.25, -0.2) is 4.39 Å². The normalized spacial score (nSPS) is 25.0. The van der Waals surface area contributed by atoms with Crippen molar-refractivity contribution in [3.05, 3.63) is 29.6 Å². The Morgan fingerprint density at radius 1 is 1.25 bits per heavy atom. The minimum Gasteiger partial charge on any atom is -0.496 e. The Morgan fingerprint density at radius 2 is 2.00 bits per heavy atom. The van der Waals surface area contributed by atoms with Crippen LogP contribution in [-0.2, 0) is 0 Å². The van der Waals surface area contributed by atoms with Crippen molar-refractivity contribution in [1.82, 2.24) is 5.32 Å². The molecule has 1 saturated carbocycles. The topological polar surface area (TPSA) is 21.3 Å². The molecular weight excluding hydrogens is 253 g/mol. The molecule has 0 bridgehead atoms. The van der Waals surface area contributed by atoms with E-state index in [0.29, 0.717) is 23.3 Å². The van der Waals surface area contributed by atoms with Crippen LogP contribution in [0.1, 0.15) is 57.6 Å². The minimum atomic E-state index is -0.189. The molecular formula is C17H26FNO. The second kappa shape index (κ2) is 7.07. The van der Waals surface area contributed by atoms with Gasteiger partial charge in [-0.2, -0.15) is 0 Å². The molecule has 0 saturated heterocycles. The van der Waals surface area contributed by atoms with E-state index in [-0.39, 0.29) is 11.9 Å². The van der Waals surface area contributed by atoms with Crippen molar-refractivity contribution in [2.45, 2.75) is 58.0 Å². The number of rotatable bonds is 4. The average Bonchev–Trinajstić information content (AvgIpc) is 2.63. The monoisotopic (exact) mass is 279 g/mol. The molecule has 2 rings (SSSR count). The molecule has 1 fully saturated rings. The van der Waals surface area contributed by atoms with Crippen LogP contribution in [0.2, 0.25) is 0 Å². The van der Waals surface area contributed by atoms with E-state index in [2.05, 4.69) is 12.2 Å². The van der Waals surface area contributed by atoms with Crippen molar-refractivity contribution in [1.29, 1.82) is 0 Å². The summed E-state index contributed by atoms with van der Waals surface area (Å²) in [4.78, 5) is 0. The van der Waals surface area contributed by atoms with Gasteiger partial charge in [-0.3, -0.25) is 0 Å². The summed E-state index contributed by atoms with van der Waals surface area (Å²) in [5.74, 6) is 1.09. The van der Waals surface area contributed by atoms with Gasteiger partial charge in [-0.05, 0) is 37.8 Å². The van der Waals surface area contributed by atoms with E-state index in [9.17, 15) is 4.39 Å². The van der Waals surface area contributed by atoms with E-state index in [0.717, 1.165) is 0 Å². The van der Waals surface area contributed by atoms with Gasteiger partial charge in [0.05, 0.1) is 7.11 Å². The van der Waals surface area contributed by atoms with Crippen LogP contribution in [0.15, 0.2) is 18.2 Å². The molecule has 1 N–H and O–H groups in total. The lowest BCUT2D eigenvalue weighted by molar-refractivity contribution is 0.319. The molecule has 3 heteroatoms. The maximum absolute atomic E-state index is 14.1. The van der Waals surface area contributed by atoms with Gasteiger partial charge in [0, 0.05) is 17.6 Å². The first-order valence-corrected chi connectivity index (χ1v) is 7.72. The van der Waals surface area contributed by atoms with Gasteiger partial charge in [-0.1, -0.05) is 32.3 Å². The summed E-state index contributed by atoms with van der Waals surface area (Å²) in [5.41, 5.74) is 0.645. The Balaban J connectivity index is 2.13. The first-order chi connectivity index (χ1) is 9.63. The third-order valence-corrected chi connectivity index (χ3v) is 4.49. The van der Waals surface area contributed by atoms with Crippen LogP contribution in [0.4, 0.5) is 4.39 Å². The fourth-order valence-corrected chi connectivity index (χ4v) is 3.26. The molecule has 3 atom stereocenters. The highest BCUT2D eigenvalue weighted by Crippen LogP contribution is 2.30. The van der Waals surface area contributed by atoms with Crippen LogP contribution in [0.25, 0.3) is 0 Å². The Hall–Kier alpha value is -1.09. The van der Waals surface area contributed by atoms with E-state index in [1.165, 1.54) is 38.2 Å². The van der Waals surface area contributed by atoms with E-state index in [1.807, 2.05) is 13.0 Å². The third-order valence-electron chi connectivity index (χ3n) is 4.49. The Morgan fingerprint density at radius 3 is 2.75 bits per heavy atom. The third kappa shape index (κ3) is 3.51. The second-order valence-electron chi connectivity index (χ2n) is 5.97. The largest absolute Gasteiger partial charge is 0.496 e. The van der Waals surface area contributed by atoms with Gasteiger partial charge >= 0.3 is 0 Å². The summed E-state index contributed by atoms with van der Waals surface area (Å²) in [6.45, 7) is 4.33. The zero-order valence-electron chi connectivity index (χ0n) is 12.8.